The number of hydrogen-bond donors (Lipinski definition) is 2. The van der Waals surface area contributed by atoms with E-state index in [1.807, 2.05) is 11.8 Å². The predicted octanol–water partition coefficient (Wildman–Crippen LogP) is 4.19. The minimum atomic E-state index is -0.0940. The molecule has 0 saturated heterocycles. The molecule has 0 aliphatic heterocycles. The maximum atomic E-state index is 9.59. The first-order valence-corrected chi connectivity index (χ1v) is 9.12. The smallest absolute Gasteiger partial charge is 0.0610 e. The van der Waals surface area contributed by atoms with E-state index in [1.165, 1.54) is 23.3 Å². The van der Waals surface area contributed by atoms with Gasteiger partial charge in [0, 0.05) is 16.5 Å². The average Bonchev–Trinajstić information content (AvgIpc) is 3.28. The number of benzene rings is 1. The van der Waals surface area contributed by atoms with Crippen molar-refractivity contribution < 1.29 is 5.11 Å². The lowest BCUT2D eigenvalue weighted by Crippen LogP contribution is -2.46. The van der Waals surface area contributed by atoms with Crippen LogP contribution in [0, 0.1) is 0 Å². The minimum absolute atomic E-state index is 0.0940. The number of thioether (sulfide) groups is 1. The summed E-state index contributed by atoms with van der Waals surface area (Å²) < 4.78 is 0. The van der Waals surface area contributed by atoms with E-state index in [1.54, 1.807) is 0 Å². The van der Waals surface area contributed by atoms with Crippen molar-refractivity contribution in [1.29, 1.82) is 0 Å². The van der Waals surface area contributed by atoms with E-state index >= 15 is 0 Å². The maximum absolute atomic E-state index is 9.59. The minimum Gasteiger partial charge on any atom is -0.394 e. The van der Waals surface area contributed by atoms with Crippen LogP contribution < -0.4 is 5.32 Å². The van der Waals surface area contributed by atoms with Gasteiger partial charge in [0.2, 0.25) is 0 Å². The molecule has 0 spiro atoms. The molecule has 0 aromatic heterocycles. The molecule has 1 aliphatic rings. The van der Waals surface area contributed by atoms with Gasteiger partial charge in [-0.3, -0.25) is 0 Å². The van der Waals surface area contributed by atoms with E-state index < -0.39 is 0 Å². The van der Waals surface area contributed by atoms with Gasteiger partial charge < -0.3 is 10.4 Å². The third-order valence-electron chi connectivity index (χ3n) is 4.17. The molecular formula is C18H29NOS. The van der Waals surface area contributed by atoms with Crippen LogP contribution in [0.25, 0.3) is 0 Å². The molecule has 21 heavy (non-hydrogen) atoms. The molecule has 1 saturated carbocycles. The van der Waals surface area contributed by atoms with Gasteiger partial charge in [-0.2, -0.15) is 0 Å². The summed E-state index contributed by atoms with van der Waals surface area (Å²) in [6.07, 6.45) is 4.71. The number of aliphatic hydroxyl groups excluding tert-OH is 1. The Labute approximate surface area is 133 Å². The Hall–Kier alpha value is -0.510. The van der Waals surface area contributed by atoms with Crippen LogP contribution in [0.1, 0.15) is 57.9 Å². The normalized spacial score (nSPS) is 18.0. The van der Waals surface area contributed by atoms with Gasteiger partial charge in [-0.25, -0.2) is 0 Å². The number of aliphatic hydroxyl groups is 1. The second-order valence-corrected chi connectivity index (χ2v) is 7.98. The first-order chi connectivity index (χ1) is 10.0. The van der Waals surface area contributed by atoms with Crippen molar-refractivity contribution in [3.63, 3.8) is 0 Å². The van der Waals surface area contributed by atoms with Crippen LogP contribution in [0.15, 0.2) is 29.2 Å². The Balaban J connectivity index is 1.70. The summed E-state index contributed by atoms with van der Waals surface area (Å²) in [4.78, 5) is 1.35. The molecule has 1 fully saturated rings. The second kappa shape index (κ2) is 7.66. The lowest BCUT2D eigenvalue weighted by atomic mass is 9.97. The summed E-state index contributed by atoms with van der Waals surface area (Å²) in [5, 5.41) is 13.2. The van der Waals surface area contributed by atoms with Crippen LogP contribution in [0.2, 0.25) is 0 Å². The van der Waals surface area contributed by atoms with Crippen LogP contribution >= 0.6 is 11.8 Å². The zero-order valence-corrected chi connectivity index (χ0v) is 14.4. The third-order valence-corrected chi connectivity index (χ3v) is 5.27. The quantitative estimate of drug-likeness (QED) is 0.530. The van der Waals surface area contributed by atoms with Crippen molar-refractivity contribution >= 4 is 11.8 Å². The van der Waals surface area contributed by atoms with E-state index in [0.717, 1.165) is 18.6 Å². The Morgan fingerprint density at radius 2 is 1.95 bits per heavy atom. The Morgan fingerprint density at radius 1 is 1.29 bits per heavy atom. The summed E-state index contributed by atoms with van der Waals surface area (Å²) in [6, 6.07) is 9.58. The largest absolute Gasteiger partial charge is 0.394 e. The van der Waals surface area contributed by atoms with E-state index in [2.05, 4.69) is 50.4 Å². The van der Waals surface area contributed by atoms with Crippen LogP contribution in [0.4, 0.5) is 0 Å². The monoisotopic (exact) mass is 307 g/mol. The van der Waals surface area contributed by atoms with Crippen molar-refractivity contribution in [2.45, 2.75) is 68.8 Å². The van der Waals surface area contributed by atoms with Crippen LogP contribution in [-0.2, 0) is 0 Å². The summed E-state index contributed by atoms with van der Waals surface area (Å²) in [5.41, 5.74) is 1.31. The standard InChI is InChI=1S/C18H29NOS/c1-14(2)15-5-9-17(10-6-15)21-12-4-11-18(3,13-20)19-16-7-8-16/h5-6,9-10,14,16,19-20H,4,7-8,11-13H2,1-3H3. The topological polar surface area (TPSA) is 32.3 Å². The van der Waals surface area contributed by atoms with Gasteiger partial charge in [0.25, 0.3) is 0 Å². The average molecular weight is 308 g/mol. The molecule has 1 aromatic rings. The molecule has 2 nitrogen and oxygen atoms in total. The summed E-state index contributed by atoms with van der Waals surface area (Å²) in [6.45, 7) is 6.83. The molecular weight excluding hydrogens is 278 g/mol. The van der Waals surface area contributed by atoms with Gasteiger partial charge in [0.05, 0.1) is 6.61 Å². The first-order valence-electron chi connectivity index (χ1n) is 8.14. The van der Waals surface area contributed by atoms with Gasteiger partial charge in [-0.05, 0) is 62.0 Å². The highest BCUT2D eigenvalue weighted by molar-refractivity contribution is 7.99. The fourth-order valence-electron chi connectivity index (χ4n) is 2.52. The fourth-order valence-corrected chi connectivity index (χ4v) is 3.37. The number of nitrogens with one attached hydrogen (secondary N) is 1. The zero-order valence-electron chi connectivity index (χ0n) is 13.6. The second-order valence-electron chi connectivity index (χ2n) is 6.81. The van der Waals surface area contributed by atoms with Gasteiger partial charge in [0.15, 0.2) is 0 Å². The molecule has 1 aromatic carbocycles. The molecule has 118 valence electrons. The molecule has 0 radical (unpaired) electrons. The van der Waals surface area contributed by atoms with Gasteiger partial charge >= 0.3 is 0 Å². The maximum Gasteiger partial charge on any atom is 0.0610 e. The molecule has 1 unspecified atom stereocenters. The highest BCUT2D eigenvalue weighted by Gasteiger charge is 2.31. The Bertz CT molecular complexity index is 427. The summed E-state index contributed by atoms with van der Waals surface area (Å²) in [5.74, 6) is 1.71. The lowest BCUT2D eigenvalue weighted by Gasteiger charge is -2.29. The van der Waals surface area contributed by atoms with Crippen molar-refractivity contribution in [3.8, 4) is 0 Å². The van der Waals surface area contributed by atoms with Crippen molar-refractivity contribution in [1.82, 2.24) is 5.32 Å². The fraction of sp³-hybridized carbons (Fsp3) is 0.667. The number of rotatable bonds is 9. The lowest BCUT2D eigenvalue weighted by molar-refractivity contribution is 0.163. The molecule has 3 heteroatoms. The van der Waals surface area contributed by atoms with E-state index in [9.17, 15) is 5.11 Å². The van der Waals surface area contributed by atoms with E-state index in [4.69, 9.17) is 0 Å². The highest BCUT2D eigenvalue weighted by atomic mass is 32.2. The Morgan fingerprint density at radius 3 is 2.48 bits per heavy atom. The molecule has 2 rings (SSSR count). The third kappa shape index (κ3) is 5.65. The SMILES string of the molecule is CC(C)c1ccc(SCCCC(C)(CO)NC2CC2)cc1. The summed E-state index contributed by atoms with van der Waals surface area (Å²) in [7, 11) is 0. The summed E-state index contributed by atoms with van der Waals surface area (Å²) >= 11 is 1.92. The van der Waals surface area contributed by atoms with Crippen molar-refractivity contribution in [2.75, 3.05) is 12.4 Å². The number of hydrogen-bond acceptors (Lipinski definition) is 3. The molecule has 0 amide bonds. The molecule has 1 atom stereocenters. The first kappa shape index (κ1) is 16.9. The van der Waals surface area contributed by atoms with Crippen molar-refractivity contribution in [2.24, 2.45) is 0 Å². The van der Waals surface area contributed by atoms with Crippen molar-refractivity contribution in [3.05, 3.63) is 29.8 Å². The van der Waals surface area contributed by atoms with Gasteiger partial charge in [0.1, 0.15) is 0 Å². The molecule has 0 heterocycles. The molecule has 1 aliphatic carbocycles. The van der Waals surface area contributed by atoms with Crippen LogP contribution in [0.3, 0.4) is 0 Å². The predicted molar refractivity (Wildman–Crippen MR) is 92.1 cm³/mol. The van der Waals surface area contributed by atoms with Gasteiger partial charge in [-0.15, -0.1) is 11.8 Å². The Kier molecular flexibility index (Phi) is 6.15. The van der Waals surface area contributed by atoms with Gasteiger partial charge in [-0.1, -0.05) is 26.0 Å². The zero-order chi connectivity index (χ0) is 15.3. The van der Waals surface area contributed by atoms with Crippen LogP contribution in [0.5, 0.6) is 0 Å². The highest BCUT2D eigenvalue weighted by Crippen LogP contribution is 2.27. The van der Waals surface area contributed by atoms with E-state index in [-0.39, 0.29) is 12.1 Å². The van der Waals surface area contributed by atoms with Crippen LogP contribution in [-0.4, -0.2) is 29.0 Å². The molecule has 2 N–H and O–H groups in total. The molecule has 0 bridgehead atoms. The van der Waals surface area contributed by atoms with E-state index in [0.29, 0.717) is 12.0 Å².